The molecule has 88 valence electrons. The van der Waals surface area contributed by atoms with Crippen molar-refractivity contribution in [3.05, 3.63) is 29.8 Å². The lowest BCUT2D eigenvalue weighted by Gasteiger charge is -2.09. The molecule has 2 atom stereocenters. The van der Waals surface area contributed by atoms with Crippen LogP contribution in [0.2, 0.25) is 0 Å². The van der Waals surface area contributed by atoms with Gasteiger partial charge in [-0.2, -0.15) is 0 Å². The molecule has 16 heavy (non-hydrogen) atoms. The van der Waals surface area contributed by atoms with Crippen molar-refractivity contribution in [2.24, 2.45) is 5.92 Å². The van der Waals surface area contributed by atoms with Gasteiger partial charge in [0.25, 0.3) is 0 Å². The van der Waals surface area contributed by atoms with Crippen LogP contribution in [0.5, 0.6) is 5.75 Å². The van der Waals surface area contributed by atoms with Crippen LogP contribution in [0.4, 0.5) is 13.2 Å². The third kappa shape index (κ3) is 2.66. The number of hydrogen-bond acceptors (Lipinski definition) is 2. The SMILES string of the molecule is OC[C@H]1C[C@H]1c1ccc(OC(F)(F)F)cc1. The Balaban J connectivity index is 2.00. The molecular weight excluding hydrogens is 221 g/mol. The van der Waals surface area contributed by atoms with E-state index in [1.807, 2.05) is 0 Å². The van der Waals surface area contributed by atoms with E-state index in [4.69, 9.17) is 5.11 Å². The maximum Gasteiger partial charge on any atom is 0.573 e. The highest BCUT2D eigenvalue weighted by molar-refractivity contribution is 5.32. The molecule has 2 nitrogen and oxygen atoms in total. The van der Waals surface area contributed by atoms with E-state index in [9.17, 15) is 13.2 Å². The zero-order chi connectivity index (χ0) is 11.8. The Morgan fingerprint density at radius 3 is 2.31 bits per heavy atom. The van der Waals surface area contributed by atoms with Gasteiger partial charge in [-0.3, -0.25) is 0 Å². The third-order valence-corrected chi connectivity index (χ3v) is 2.70. The first-order valence-corrected chi connectivity index (χ1v) is 4.96. The maximum absolute atomic E-state index is 11.9. The van der Waals surface area contributed by atoms with E-state index in [-0.39, 0.29) is 24.2 Å². The van der Waals surface area contributed by atoms with E-state index >= 15 is 0 Å². The molecule has 0 aliphatic heterocycles. The zero-order valence-electron chi connectivity index (χ0n) is 8.37. The number of halogens is 3. The van der Waals surface area contributed by atoms with Crippen LogP contribution in [0, 0.1) is 5.92 Å². The minimum absolute atomic E-state index is 0.130. The Kier molecular flexibility index (Phi) is 2.80. The van der Waals surface area contributed by atoms with Gasteiger partial charge in [0.2, 0.25) is 0 Å². The lowest BCUT2D eigenvalue weighted by atomic mass is 10.1. The van der Waals surface area contributed by atoms with Crippen molar-refractivity contribution >= 4 is 0 Å². The zero-order valence-corrected chi connectivity index (χ0v) is 8.37. The average Bonchev–Trinajstić information content (AvgIpc) is 2.95. The largest absolute Gasteiger partial charge is 0.573 e. The van der Waals surface area contributed by atoms with Crippen LogP contribution in [-0.4, -0.2) is 18.1 Å². The van der Waals surface area contributed by atoms with Gasteiger partial charge in [0.05, 0.1) is 0 Å². The van der Waals surface area contributed by atoms with Crippen LogP contribution >= 0.6 is 0 Å². The van der Waals surface area contributed by atoms with E-state index in [0.717, 1.165) is 12.0 Å². The molecule has 0 heterocycles. The second-order valence-electron chi connectivity index (χ2n) is 3.90. The molecule has 1 N–H and O–H groups in total. The predicted octanol–water partition coefficient (Wildman–Crippen LogP) is 2.68. The van der Waals surface area contributed by atoms with Crippen LogP contribution in [0.3, 0.4) is 0 Å². The molecule has 0 saturated heterocycles. The quantitative estimate of drug-likeness (QED) is 0.868. The highest BCUT2D eigenvalue weighted by Crippen LogP contribution is 2.47. The van der Waals surface area contributed by atoms with Gasteiger partial charge in [0.15, 0.2) is 0 Å². The van der Waals surface area contributed by atoms with E-state index in [1.165, 1.54) is 12.1 Å². The van der Waals surface area contributed by atoms with E-state index in [1.54, 1.807) is 12.1 Å². The van der Waals surface area contributed by atoms with Crippen molar-refractivity contribution in [2.45, 2.75) is 18.7 Å². The summed E-state index contributed by atoms with van der Waals surface area (Å²) in [6, 6.07) is 5.83. The molecule has 0 bridgehead atoms. The molecule has 0 unspecified atom stereocenters. The number of aliphatic hydroxyl groups is 1. The summed E-state index contributed by atoms with van der Waals surface area (Å²) in [5.74, 6) is 0.330. The van der Waals surface area contributed by atoms with Crippen molar-refractivity contribution in [2.75, 3.05) is 6.61 Å². The van der Waals surface area contributed by atoms with Crippen molar-refractivity contribution < 1.29 is 23.0 Å². The smallest absolute Gasteiger partial charge is 0.406 e. The highest BCUT2D eigenvalue weighted by Gasteiger charge is 2.37. The molecule has 1 fully saturated rings. The van der Waals surface area contributed by atoms with Gasteiger partial charge in [-0.15, -0.1) is 13.2 Å². The normalized spacial score (nSPS) is 24.2. The molecule has 1 aliphatic rings. The van der Waals surface area contributed by atoms with Gasteiger partial charge in [-0.05, 0) is 36.0 Å². The maximum atomic E-state index is 11.9. The van der Waals surface area contributed by atoms with Crippen molar-refractivity contribution in [3.8, 4) is 5.75 Å². The van der Waals surface area contributed by atoms with Gasteiger partial charge in [-0.1, -0.05) is 12.1 Å². The highest BCUT2D eigenvalue weighted by atomic mass is 19.4. The number of alkyl halides is 3. The van der Waals surface area contributed by atoms with E-state index in [0.29, 0.717) is 0 Å². The summed E-state index contributed by atoms with van der Waals surface area (Å²) in [5, 5.41) is 8.87. The van der Waals surface area contributed by atoms with Crippen LogP contribution in [-0.2, 0) is 0 Å². The van der Waals surface area contributed by atoms with Gasteiger partial charge in [0, 0.05) is 6.61 Å². The van der Waals surface area contributed by atoms with Crippen LogP contribution in [0.15, 0.2) is 24.3 Å². The molecule has 2 rings (SSSR count). The fraction of sp³-hybridized carbons (Fsp3) is 0.455. The standard InChI is InChI=1S/C11H11F3O2/c12-11(13,14)16-9-3-1-7(2-4-9)10-5-8(10)6-15/h1-4,8,10,15H,5-6H2/t8-,10+/m1/s1. The minimum atomic E-state index is -4.64. The second kappa shape index (κ2) is 3.97. The topological polar surface area (TPSA) is 29.5 Å². The Morgan fingerprint density at radius 2 is 1.88 bits per heavy atom. The third-order valence-electron chi connectivity index (χ3n) is 2.70. The molecule has 0 spiro atoms. The Bertz CT molecular complexity index is 358. The Morgan fingerprint density at radius 1 is 1.25 bits per heavy atom. The Labute approximate surface area is 90.7 Å². The number of ether oxygens (including phenoxy) is 1. The first kappa shape index (κ1) is 11.3. The van der Waals surface area contributed by atoms with Crippen molar-refractivity contribution in [1.82, 2.24) is 0 Å². The number of benzene rings is 1. The molecule has 0 radical (unpaired) electrons. The summed E-state index contributed by atoms with van der Waals surface area (Å²) in [6.07, 6.45) is -3.75. The Hall–Kier alpha value is -1.23. The summed E-state index contributed by atoms with van der Waals surface area (Å²) in [4.78, 5) is 0. The van der Waals surface area contributed by atoms with Gasteiger partial charge in [-0.25, -0.2) is 0 Å². The molecule has 1 aromatic carbocycles. The van der Waals surface area contributed by atoms with Gasteiger partial charge >= 0.3 is 6.36 Å². The number of aliphatic hydroxyl groups excluding tert-OH is 1. The van der Waals surface area contributed by atoms with Crippen molar-refractivity contribution in [1.29, 1.82) is 0 Å². The predicted molar refractivity (Wildman–Crippen MR) is 51.1 cm³/mol. The molecule has 5 heteroatoms. The van der Waals surface area contributed by atoms with E-state index in [2.05, 4.69) is 4.74 Å². The first-order valence-electron chi connectivity index (χ1n) is 4.96. The fourth-order valence-electron chi connectivity index (χ4n) is 1.77. The summed E-state index contributed by atoms with van der Waals surface area (Å²) in [6.45, 7) is 0.130. The average molecular weight is 232 g/mol. The molecule has 0 aromatic heterocycles. The van der Waals surface area contributed by atoms with Gasteiger partial charge in [0.1, 0.15) is 5.75 Å². The second-order valence-corrected chi connectivity index (χ2v) is 3.90. The molecule has 1 saturated carbocycles. The summed E-state index contributed by atoms with van der Waals surface area (Å²) in [5.41, 5.74) is 0.952. The number of hydrogen-bond donors (Lipinski definition) is 1. The number of rotatable bonds is 3. The lowest BCUT2D eigenvalue weighted by molar-refractivity contribution is -0.274. The summed E-state index contributed by atoms with van der Waals surface area (Å²) < 4.78 is 39.4. The van der Waals surface area contributed by atoms with Crippen LogP contribution in [0.1, 0.15) is 17.9 Å². The molecule has 0 amide bonds. The van der Waals surface area contributed by atoms with Crippen LogP contribution in [0.25, 0.3) is 0 Å². The minimum Gasteiger partial charge on any atom is -0.406 e. The summed E-state index contributed by atoms with van der Waals surface area (Å²) in [7, 11) is 0. The molecule has 1 aliphatic carbocycles. The molecular formula is C11H11F3O2. The monoisotopic (exact) mass is 232 g/mol. The van der Waals surface area contributed by atoms with E-state index < -0.39 is 6.36 Å². The van der Waals surface area contributed by atoms with Gasteiger partial charge < -0.3 is 9.84 Å². The lowest BCUT2D eigenvalue weighted by Crippen LogP contribution is -2.17. The van der Waals surface area contributed by atoms with Crippen LogP contribution < -0.4 is 4.74 Å². The van der Waals surface area contributed by atoms with Crippen molar-refractivity contribution in [3.63, 3.8) is 0 Å². The summed E-state index contributed by atoms with van der Waals surface area (Å²) >= 11 is 0. The first-order chi connectivity index (χ1) is 7.49. The molecule has 1 aromatic rings. The fourth-order valence-corrected chi connectivity index (χ4v) is 1.77.